The number of carbonyl (C=O) groups excluding carboxylic acids is 2. The number of halogens is 1. The van der Waals surface area contributed by atoms with Crippen molar-refractivity contribution in [1.29, 1.82) is 0 Å². The summed E-state index contributed by atoms with van der Waals surface area (Å²) in [5, 5.41) is 6.22. The Morgan fingerprint density at radius 2 is 1.72 bits per heavy atom. The fraction of sp³-hybridized carbons (Fsp3) is 0.273. The molecule has 0 radical (unpaired) electrons. The van der Waals surface area contributed by atoms with Gasteiger partial charge in [-0.3, -0.25) is 14.5 Å². The SMILES string of the molecule is O=C(NCCN1CCOCC1)/C(=C/c1ccc(Cl)cc1)NC(=O)c1ccccc1. The quantitative estimate of drug-likeness (QED) is 0.684. The molecule has 2 aromatic carbocycles. The zero-order chi connectivity index (χ0) is 20.5. The smallest absolute Gasteiger partial charge is 0.267 e. The summed E-state index contributed by atoms with van der Waals surface area (Å²) in [4.78, 5) is 27.5. The van der Waals surface area contributed by atoms with Gasteiger partial charge in [0.2, 0.25) is 0 Å². The maximum atomic E-state index is 12.8. The number of amides is 2. The highest BCUT2D eigenvalue weighted by molar-refractivity contribution is 6.30. The van der Waals surface area contributed by atoms with E-state index >= 15 is 0 Å². The first-order valence-corrected chi connectivity index (χ1v) is 9.91. The standard InChI is InChI=1S/C22H24ClN3O3/c23-19-8-6-17(7-9-19)16-20(25-21(27)18-4-2-1-3-5-18)22(28)24-10-11-26-12-14-29-15-13-26/h1-9,16H,10-15H2,(H,24,28)(H,25,27)/b20-16-. The average molecular weight is 414 g/mol. The highest BCUT2D eigenvalue weighted by atomic mass is 35.5. The summed E-state index contributed by atoms with van der Waals surface area (Å²) in [6, 6.07) is 15.8. The van der Waals surface area contributed by atoms with Crippen LogP contribution >= 0.6 is 11.6 Å². The maximum Gasteiger partial charge on any atom is 0.267 e. The van der Waals surface area contributed by atoms with Crippen molar-refractivity contribution in [3.8, 4) is 0 Å². The van der Waals surface area contributed by atoms with Crippen molar-refractivity contribution < 1.29 is 14.3 Å². The lowest BCUT2D eigenvalue weighted by atomic mass is 10.1. The van der Waals surface area contributed by atoms with Crippen LogP contribution in [0.1, 0.15) is 15.9 Å². The number of hydrogen-bond donors (Lipinski definition) is 2. The second kappa shape index (κ2) is 10.8. The molecule has 2 N–H and O–H groups in total. The van der Waals surface area contributed by atoms with Crippen molar-refractivity contribution in [3.63, 3.8) is 0 Å². The van der Waals surface area contributed by atoms with Crippen molar-refractivity contribution in [2.75, 3.05) is 39.4 Å². The molecule has 6 nitrogen and oxygen atoms in total. The number of carbonyl (C=O) groups is 2. The fourth-order valence-corrected chi connectivity index (χ4v) is 3.04. The topological polar surface area (TPSA) is 70.7 Å². The van der Waals surface area contributed by atoms with Crippen LogP contribution in [0.15, 0.2) is 60.3 Å². The first kappa shape index (κ1) is 21.0. The summed E-state index contributed by atoms with van der Waals surface area (Å²) in [6.07, 6.45) is 1.64. The van der Waals surface area contributed by atoms with E-state index in [4.69, 9.17) is 16.3 Å². The number of morpholine rings is 1. The van der Waals surface area contributed by atoms with E-state index in [-0.39, 0.29) is 17.5 Å². The van der Waals surface area contributed by atoms with Gasteiger partial charge in [-0.1, -0.05) is 41.9 Å². The summed E-state index contributed by atoms with van der Waals surface area (Å²) in [6.45, 7) is 4.35. The summed E-state index contributed by atoms with van der Waals surface area (Å²) in [5.41, 5.74) is 1.43. The van der Waals surface area contributed by atoms with Gasteiger partial charge in [0.1, 0.15) is 5.70 Å². The third kappa shape index (κ3) is 6.71. The van der Waals surface area contributed by atoms with E-state index in [9.17, 15) is 9.59 Å². The van der Waals surface area contributed by atoms with E-state index in [2.05, 4.69) is 15.5 Å². The predicted octanol–water partition coefficient (Wildman–Crippen LogP) is 2.56. The van der Waals surface area contributed by atoms with Crippen LogP contribution in [0.5, 0.6) is 0 Å². The van der Waals surface area contributed by atoms with Gasteiger partial charge in [0, 0.05) is 36.8 Å². The molecular formula is C22H24ClN3O3. The molecule has 0 atom stereocenters. The van der Waals surface area contributed by atoms with E-state index < -0.39 is 0 Å². The van der Waals surface area contributed by atoms with Crippen molar-refractivity contribution in [3.05, 3.63) is 76.4 Å². The first-order chi connectivity index (χ1) is 14.1. The Balaban J connectivity index is 1.68. The van der Waals surface area contributed by atoms with Crippen molar-refractivity contribution in [2.45, 2.75) is 0 Å². The van der Waals surface area contributed by atoms with Crippen molar-refractivity contribution >= 4 is 29.5 Å². The van der Waals surface area contributed by atoms with Crippen LogP contribution in [0.3, 0.4) is 0 Å². The van der Waals surface area contributed by atoms with Gasteiger partial charge in [-0.15, -0.1) is 0 Å². The third-order valence-electron chi connectivity index (χ3n) is 4.53. The van der Waals surface area contributed by atoms with Crippen LogP contribution in [0.25, 0.3) is 6.08 Å². The number of nitrogens with one attached hydrogen (secondary N) is 2. The predicted molar refractivity (Wildman–Crippen MR) is 114 cm³/mol. The fourth-order valence-electron chi connectivity index (χ4n) is 2.92. The van der Waals surface area contributed by atoms with Crippen molar-refractivity contribution in [2.24, 2.45) is 0 Å². The lowest BCUT2D eigenvalue weighted by Crippen LogP contribution is -2.42. The van der Waals surface area contributed by atoms with Crippen molar-refractivity contribution in [1.82, 2.24) is 15.5 Å². The Morgan fingerprint density at radius 1 is 1.03 bits per heavy atom. The third-order valence-corrected chi connectivity index (χ3v) is 4.78. The largest absolute Gasteiger partial charge is 0.379 e. The van der Waals surface area contributed by atoms with E-state index in [0.29, 0.717) is 30.3 Å². The van der Waals surface area contributed by atoms with Crippen LogP contribution in [-0.4, -0.2) is 56.1 Å². The molecule has 0 bridgehead atoms. The van der Waals surface area contributed by atoms with Gasteiger partial charge in [-0.25, -0.2) is 0 Å². The van der Waals surface area contributed by atoms with Gasteiger partial charge >= 0.3 is 0 Å². The Kier molecular flexibility index (Phi) is 7.81. The maximum absolute atomic E-state index is 12.8. The zero-order valence-corrected chi connectivity index (χ0v) is 16.8. The number of nitrogens with zero attached hydrogens (tertiary/aromatic N) is 1. The summed E-state index contributed by atoms with van der Waals surface area (Å²) < 4.78 is 5.33. The molecule has 2 amide bonds. The second-order valence-corrected chi connectivity index (χ2v) is 7.08. The highest BCUT2D eigenvalue weighted by Gasteiger charge is 2.15. The first-order valence-electron chi connectivity index (χ1n) is 9.54. The Hall–Kier alpha value is -2.67. The van der Waals surface area contributed by atoms with E-state index in [0.717, 1.165) is 25.2 Å². The molecule has 0 spiro atoms. The second-order valence-electron chi connectivity index (χ2n) is 6.64. The molecule has 3 rings (SSSR count). The molecule has 1 fully saturated rings. The molecule has 0 saturated carbocycles. The molecule has 7 heteroatoms. The minimum absolute atomic E-state index is 0.183. The molecule has 1 saturated heterocycles. The van der Waals surface area contributed by atoms with Gasteiger partial charge < -0.3 is 15.4 Å². The van der Waals surface area contributed by atoms with E-state index in [1.807, 2.05) is 6.07 Å². The Bertz CT molecular complexity index is 847. The highest BCUT2D eigenvalue weighted by Crippen LogP contribution is 2.12. The molecule has 1 heterocycles. The average Bonchev–Trinajstić information content (AvgIpc) is 2.76. The number of ether oxygens (including phenoxy) is 1. The van der Waals surface area contributed by atoms with E-state index in [1.165, 1.54) is 0 Å². The molecule has 2 aromatic rings. The van der Waals surface area contributed by atoms with E-state index in [1.54, 1.807) is 54.6 Å². The molecular weight excluding hydrogens is 390 g/mol. The normalized spacial score (nSPS) is 15.0. The van der Waals surface area contributed by atoms with Gasteiger partial charge in [0.15, 0.2) is 0 Å². The molecule has 1 aliphatic heterocycles. The molecule has 0 aliphatic carbocycles. The van der Waals surface area contributed by atoms with Crippen LogP contribution in [0.4, 0.5) is 0 Å². The summed E-state index contributed by atoms with van der Waals surface area (Å²) in [5.74, 6) is -0.674. The molecule has 0 aromatic heterocycles. The Labute approximate surface area is 175 Å². The summed E-state index contributed by atoms with van der Waals surface area (Å²) in [7, 11) is 0. The van der Waals surface area contributed by atoms with Gasteiger partial charge in [-0.05, 0) is 35.9 Å². The summed E-state index contributed by atoms with van der Waals surface area (Å²) >= 11 is 5.93. The lowest BCUT2D eigenvalue weighted by molar-refractivity contribution is -0.117. The molecule has 0 unspecified atom stereocenters. The monoisotopic (exact) mass is 413 g/mol. The lowest BCUT2D eigenvalue weighted by Gasteiger charge is -2.26. The minimum Gasteiger partial charge on any atom is -0.379 e. The van der Waals surface area contributed by atoms with Gasteiger partial charge in [-0.2, -0.15) is 0 Å². The van der Waals surface area contributed by atoms with Crippen LogP contribution < -0.4 is 10.6 Å². The van der Waals surface area contributed by atoms with Gasteiger partial charge in [0.05, 0.1) is 13.2 Å². The zero-order valence-electron chi connectivity index (χ0n) is 16.1. The molecule has 29 heavy (non-hydrogen) atoms. The number of hydrogen-bond acceptors (Lipinski definition) is 4. The molecule has 1 aliphatic rings. The number of rotatable bonds is 7. The molecule has 152 valence electrons. The Morgan fingerprint density at radius 3 is 2.41 bits per heavy atom. The minimum atomic E-state index is -0.339. The van der Waals surface area contributed by atoms with Crippen LogP contribution in [0.2, 0.25) is 5.02 Å². The number of benzene rings is 2. The van der Waals surface area contributed by atoms with Gasteiger partial charge in [0.25, 0.3) is 11.8 Å². The van der Waals surface area contributed by atoms with Crippen LogP contribution in [-0.2, 0) is 9.53 Å². The van der Waals surface area contributed by atoms with Crippen LogP contribution in [0, 0.1) is 0 Å².